The Morgan fingerprint density at radius 2 is 1.62 bits per heavy atom. The minimum Gasteiger partial charge on any atom is -0.382 e. The standard InChI is InChI=1S/C17H12N4/c18-17-16(20-14-6-1-2-7-15(14)21-17)13-5-3-4-11-10-19-9-8-12(11)13/h1-10H,(H2,18,21). The molecule has 0 spiro atoms. The SMILES string of the molecule is Nc1nc2ccccc2nc1-c1cccc2cnccc12. The van der Waals surface area contributed by atoms with E-state index in [0.717, 1.165) is 27.4 Å². The predicted octanol–water partition coefficient (Wildman–Crippen LogP) is 3.43. The second kappa shape index (κ2) is 4.52. The number of hydrogen-bond acceptors (Lipinski definition) is 4. The molecule has 0 atom stereocenters. The normalized spacial score (nSPS) is 11.0. The maximum atomic E-state index is 6.12. The van der Waals surface area contributed by atoms with Gasteiger partial charge in [-0.3, -0.25) is 4.98 Å². The zero-order valence-corrected chi connectivity index (χ0v) is 11.2. The van der Waals surface area contributed by atoms with Gasteiger partial charge in [0.15, 0.2) is 5.82 Å². The van der Waals surface area contributed by atoms with Gasteiger partial charge in [0.1, 0.15) is 5.69 Å². The van der Waals surface area contributed by atoms with Crippen molar-refractivity contribution in [3.63, 3.8) is 0 Å². The van der Waals surface area contributed by atoms with Crippen molar-refractivity contribution in [3.8, 4) is 11.3 Å². The summed E-state index contributed by atoms with van der Waals surface area (Å²) in [6.07, 6.45) is 3.61. The predicted molar refractivity (Wildman–Crippen MR) is 84.7 cm³/mol. The minimum absolute atomic E-state index is 0.443. The zero-order valence-electron chi connectivity index (χ0n) is 11.2. The molecule has 0 aliphatic heterocycles. The molecule has 4 heteroatoms. The Bertz CT molecular complexity index is 958. The first-order valence-electron chi connectivity index (χ1n) is 6.68. The molecule has 4 nitrogen and oxygen atoms in total. The van der Waals surface area contributed by atoms with Crippen LogP contribution in [0, 0.1) is 0 Å². The number of fused-ring (bicyclic) bond motifs is 2. The van der Waals surface area contributed by atoms with Crippen molar-refractivity contribution in [1.29, 1.82) is 0 Å². The largest absolute Gasteiger partial charge is 0.382 e. The van der Waals surface area contributed by atoms with Gasteiger partial charge in [0, 0.05) is 23.3 Å². The van der Waals surface area contributed by atoms with Crippen molar-refractivity contribution in [2.75, 3.05) is 5.73 Å². The molecule has 21 heavy (non-hydrogen) atoms. The lowest BCUT2D eigenvalue weighted by molar-refractivity contribution is 1.30. The molecule has 0 bridgehead atoms. The van der Waals surface area contributed by atoms with Crippen LogP contribution in [0.5, 0.6) is 0 Å². The van der Waals surface area contributed by atoms with E-state index in [1.165, 1.54) is 0 Å². The van der Waals surface area contributed by atoms with E-state index < -0.39 is 0 Å². The smallest absolute Gasteiger partial charge is 0.150 e. The van der Waals surface area contributed by atoms with Crippen molar-refractivity contribution in [2.45, 2.75) is 0 Å². The average molecular weight is 272 g/mol. The fourth-order valence-electron chi connectivity index (χ4n) is 2.54. The highest BCUT2D eigenvalue weighted by molar-refractivity contribution is 5.98. The number of anilines is 1. The Morgan fingerprint density at radius 1 is 0.810 bits per heavy atom. The second-order valence-electron chi connectivity index (χ2n) is 4.85. The lowest BCUT2D eigenvalue weighted by Crippen LogP contribution is -1.98. The van der Waals surface area contributed by atoms with E-state index >= 15 is 0 Å². The van der Waals surface area contributed by atoms with E-state index in [1.54, 1.807) is 6.20 Å². The van der Waals surface area contributed by atoms with Crippen LogP contribution in [0.1, 0.15) is 0 Å². The molecule has 100 valence electrons. The van der Waals surface area contributed by atoms with Gasteiger partial charge in [-0.2, -0.15) is 0 Å². The van der Waals surface area contributed by atoms with Gasteiger partial charge in [0.05, 0.1) is 11.0 Å². The molecule has 2 aromatic carbocycles. The minimum atomic E-state index is 0.443. The fraction of sp³-hybridized carbons (Fsp3) is 0. The summed E-state index contributed by atoms with van der Waals surface area (Å²) in [5, 5.41) is 2.13. The fourth-order valence-corrected chi connectivity index (χ4v) is 2.54. The second-order valence-corrected chi connectivity index (χ2v) is 4.85. The highest BCUT2D eigenvalue weighted by Crippen LogP contribution is 2.30. The van der Waals surface area contributed by atoms with Crippen LogP contribution in [-0.4, -0.2) is 15.0 Å². The molecule has 0 aliphatic carbocycles. The first kappa shape index (κ1) is 11.8. The number of nitrogens with two attached hydrogens (primary N) is 1. The van der Waals surface area contributed by atoms with Crippen LogP contribution in [0.25, 0.3) is 33.1 Å². The zero-order chi connectivity index (χ0) is 14.2. The van der Waals surface area contributed by atoms with Crippen molar-refractivity contribution in [3.05, 3.63) is 60.9 Å². The Morgan fingerprint density at radius 3 is 2.48 bits per heavy atom. The summed E-state index contributed by atoms with van der Waals surface area (Å²) in [5.74, 6) is 0.443. The number of nitrogen functional groups attached to an aromatic ring is 1. The summed E-state index contributed by atoms with van der Waals surface area (Å²) in [6, 6.07) is 15.7. The Balaban J connectivity index is 2.06. The number of aromatic nitrogens is 3. The van der Waals surface area contributed by atoms with Crippen LogP contribution in [0.3, 0.4) is 0 Å². The molecule has 0 fully saturated rings. The molecule has 0 saturated carbocycles. The molecule has 2 heterocycles. The number of pyridine rings is 1. The van der Waals surface area contributed by atoms with E-state index in [4.69, 9.17) is 5.73 Å². The molecule has 4 aromatic rings. The molecule has 0 saturated heterocycles. The topological polar surface area (TPSA) is 64.7 Å². The van der Waals surface area contributed by atoms with E-state index in [9.17, 15) is 0 Å². The lowest BCUT2D eigenvalue weighted by atomic mass is 10.0. The van der Waals surface area contributed by atoms with Crippen LogP contribution >= 0.6 is 0 Å². The van der Waals surface area contributed by atoms with Crippen molar-refractivity contribution < 1.29 is 0 Å². The molecule has 0 aliphatic rings. The molecule has 0 amide bonds. The highest BCUT2D eigenvalue weighted by atomic mass is 14.9. The van der Waals surface area contributed by atoms with E-state index in [2.05, 4.69) is 15.0 Å². The maximum Gasteiger partial charge on any atom is 0.150 e. The van der Waals surface area contributed by atoms with Crippen LogP contribution < -0.4 is 5.73 Å². The Labute approximate surface area is 121 Å². The number of para-hydroxylation sites is 2. The highest BCUT2D eigenvalue weighted by Gasteiger charge is 2.11. The number of benzene rings is 2. The quantitative estimate of drug-likeness (QED) is 0.576. The van der Waals surface area contributed by atoms with Gasteiger partial charge in [-0.15, -0.1) is 0 Å². The van der Waals surface area contributed by atoms with Crippen LogP contribution in [0.4, 0.5) is 5.82 Å². The summed E-state index contributed by atoms with van der Waals surface area (Å²) in [5.41, 5.74) is 9.46. The van der Waals surface area contributed by atoms with E-state index in [-0.39, 0.29) is 0 Å². The molecular formula is C17H12N4. The van der Waals surface area contributed by atoms with Crippen LogP contribution in [0.2, 0.25) is 0 Å². The first-order valence-corrected chi connectivity index (χ1v) is 6.68. The van der Waals surface area contributed by atoms with Gasteiger partial charge >= 0.3 is 0 Å². The first-order chi connectivity index (χ1) is 10.3. The van der Waals surface area contributed by atoms with Crippen molar-refractivity contribution in [2.24, 2.45) is 0 Å². The van der Waals surface area contributed by atoms with Gasteiger partial charge in [-0.25, -0.2) is 9.97 Å². The lowest BCUT2D eigenvalue weighted by Gasteiger charge is -2.09. The molecule has 0 unspecified atom stereocenters. The summed E-state index contributed by atoms with van der Waals surface area (Å²) in [7, 11) is 0. The monoisotopic (exact) mass is 272 g/mol. The number of nitrogens with zero attached hydrogens (tertiary/aromatic N) is 3. The summed E-state index contributed by atoms with van der Waals surface area (Å²) in [4.78, 5) is 13.3. The third-order valence-electron chi connectivity index (χ3n) is 3.53. The van der Waals surface area contributed by atoms with Crippen LogP contribution in [0.15, 0.2) is 60.9 Å². The molecule has 2 N–H and O–H groups in total. The van der Waals surface area contributed by atoms with Gasteiger partial charge in [-0.1, -0.05) is 30.3 Å². The third kappa shape index (κ3) is 1.89. The summed E-state index contributed by atoms with van der Waals surface area (Å²) in [6.45, 7) is 0. The van der Waals surface area contributed by atoms with Gasteiger partial charge in [0.2, 0.25) is 0 Å². The maximum absolute atomic E-state index is 6.12. The van der Waals surface area contributed by atoms with E-state index in [0.29, 0.717) is 11.5 Å². The van der Waals surface area contributed by atoms with Crippen molar-refractivity contribution in [1.82, 2.24) is 15.0 Å². The molecular weight excluding hydrogens is 260 g/mol. The Hall–Kier alpha value is -3.01. The molecule has 4 rings (SSSR count). The van der Waals surface area contributed by atoms with Crippen LogP contribution in [-0.2, 0) is 0 Å². The average Bonchev–Trinajstić information content (AvgIpc) is 2.54. The number of hydrogen-bond donors (Lipinski definition) is 1. The summed E-state index contributed by atoms with van der Waals surface area (Å²) >= 11 is 0. The third-order valence-corrected chi connectivity index (χ3v) is 3.53. The van der Waals surface area contributed by atoms with Crippen molar-refractivity contribution >= 4 is 27.6 Å². The molecule has 2 aromatic heterocycles. The van der Waals surface area contributed by atoms with E-state index in [1.807, 2.05) is 54.7 Å². The van der Waals surface area contributed by atoms with Gasteiger partial charge < -0.3 is 5.73 Å². The Kier molecular flexibility index (Phi) is 2.54. The summed E-state index contributed by atoms with van der Waals surface area (Å²) < 4.78 is 0. The number of rotatable bonds is 1. The van der Waals surface area contributed by atoms with Gasteiger partial charge in [-0.05, 0) is 23.6 Å². The van der Waals surface area contributed by atoms with Gasteiger partial charge in [0.25, 0.3) is 0 Å². The molecule has 0 radical (unpaired) electrons.